The van der Waals surface area contributed by atoms with Gasteiger partial charge in [-0.15, -0.1) is 0 Å². The van der Waals surface area contributed by atoms with Crippen LogP contribution in [0.2, 0.25) is 0 Å². The summed E-state index contributed by atoms with van der Waals surface area (Å²) in [6, 6.07) is 14.4. The first kappa shape index (κ1) is 27.3. The molecule has 0 saturated carbocycles. The summed E-state index contributed by atoms with van der Waals surface area (Å²) in [5, 5.41) is 2.65. The highest BCUT2D eigenvalue weighted by molar-refractivity contribution is 7.92. The first-order valence-corrected chi connectivity index (χ1v) is 15.1. The van der Waals surface area contributed by atoms with Crippen molar-refractivity contribution in [3.05, 3.63) is 71.8 Å². The fourth-order valence-corrected chi connectivity index (χ4v) is 6.18. The average Bonchev–Trinajstić information content (AvgIpc) is 2.85. The number of amides is 1. The standard InChI is InChI=1S/C26H29N3O7S2/c1-17-5-6-21(15-18(17)2)28-38(33,34)23-10-7-20(8-11-23)27-26(30)19(3)29(37(4,31)32)22-9-12-24-25(16-22)36-14-13-35-24/h5-12,15-16,19,28H,13-14H2,1-4H3,(H,27,30)/t19-/m0/s1. The topological polar surface area (TPSA) is 131 Å². The second-order valence-corrected chi connectivity index (χ2v) is 12.5. The molecule has 3 aromatic carbocycles. The molecular formula is C26H29N3O7S2. The van der Waals surface area contributed by atoms with E-state index >= 15 is 0 Å². The second-order valence-electron chi connectivity index (χ2n) is 8.98. The highest BCUT2D eigenvalue weighted by atomic mass is 32.2. The molecule has 12 heteroatoms. The molecule has 0 fully saturated rings. The molecule has 2 N–H and O–H groups in total. The van der Waals surface area contributed by atoms with Crippen molar-refractivity contribution in [2.24, 2.45) is 0 Å². The van der Waals surface area contributed by atoms with E-state index < -0.39 is 32.0 Å². The molecule has 10 nitrogen and oxygen atoms in total. The minimum Gasteiger partial charge on any atom is -0.486 e. The van der Waals surface area contributed by atoms with Gasteiger partial charge in [0.25, 0.3) is 10.0 Å². The molecule has 1 atom stereocenters. The van der Waals surface area contributed by atoms with Crippen LogP contribution in [0.25, 0.3) is 0 Å². The number of benzene rings is 3. The third-order valence-corrected chi connectivity index (χ3v) is 8.70. The van der Waals surface area contributed by atoms with Gasteiger partial charge in [0.05, 0.1) is 16.8 Å². The molecular weight excluding hydrogens is 530 g/mol. The van der Waals surface area contributed by atoms with Crippen LogP contribution in [0.1, 0.15) is 18.1 Å². The number of carbonyl (C=O) groups excluding carboxylic acids is 1. The van der Waals surface area contributed by atoms with Gasteiger partial charge in [0.15, 0.2) is 11.5 Å². The number of hydrogen-bond donors (Lipinski definition) is 2. The number of nitrogens with zero attached hydrogens (tertiary/aromatic N) is 1. The van der Waals surface area contributed by atoms with Crippen molar-refractivity contribution in [1.29, 1.82) is 0 Å². The zero-order valence-corrected chi connectivity index (χ0v) is 23.0. The van der Waals surface area contributed by atoms with Gasteiger partial charge < -0.3 is 14.8 Å². The molecule has 38 heavy (non-hydrogen) atoms. The van der Waals surface area contributed by atoms with Crippen LogP contribution in [-0.4, -0.2) is 48.3 Å². The first-order chi connectivity index (χ1) is 17.8. The lowest BCUT2D eigenvalue weighted by Crippen LogP contribution is -2.45. The molecule has 202 valence electrons. The molecule has 0 saturated heterocycles. The summed E-state index contributed by atoms with van der Waals surface area (Å²) in [5.41, 5.74) is 3.00. The Morgan fingerprint density at radius 1 is 0.842 bits per heavy atom. The average molecular weight is 560 g/mol. The number of sulfonamides is 2. The molecule has 0 spiro atoms. The molecule has 0 radical (unpaired) electrons. The van der Waals surface area contributed by atoms with E-state index in [9.17, 15) is 21.6 Å². The van der Waals surface area contributed by atoms with Crippen molar-refractivity contribution in [2.45, 2.75) is 31.7 Å². The van der Waals surface area contributed by atoms with E-state index in [0.717, 1.165) is 21.7 Å². The van der Waals surface area contributed by atoms with Gasteiger partial charge in [-0.2, -0.15) is 0 Å². The van der Waals surface area contributed by atoms with Crippen molar-refractivity contribution >= 4 is 43.0 Å². The van der Waals surface area contributed by atoms with Gasteiger partial charge in [-0.05, 0) is 80.4 Å². The number of nitrogens with one attached hydrogen (secondary N) is 2. The van der Waals surface area contributed by atoms with Crippen LogP contribution < -0.4 is 23.8 Å². The Balaban J connectivity index is 1.50. The first-order valence-electron chi connectivity index (χ1n) is 11.8. The van der Waals surface area contributed by atoms with Crippen LogP contribution in [0.4, 0.5) is 17.1 Å². The molecule has 0 aromatic heterocycles. The van der Waals surface area contributed by atoms with Gasteiger partial charge in [0.1, 0.15) is 19.3 Å². The maximum Gasteiger partial charge on any atom is 0.261 e. The molecule has 1 heterocycles. The zero-order chi connectivity index (χ0) is 27.7. The smallest absolute Gasteiger partial charge is 0.261 e. The lowest BCUT2D eigenvalue weighted by Gasteiger charge is -2.29. The van der Waals surface area contributed by atoms with Crippen molar-refractivity contribution in [3.8, 4) is 11.5 Å². The zero-order valence-electron chi connectivity index (χ0n) is 21.4. The van der Waals surface area contributed by atoms with Crippen LogP contribution in [0, 0.1) is 13.8 Å². The molecule has 1 amide bonds. The fourth-order valence-electron chi connectivity index (χ4n) is 3.96. The van der Waals surface area contributed by atoms with Gasteiger partial charge >= 0.3 is 0 Å². The van der Waals surface area contributed by atoms with Crippen molar-refractivity contribution in [2.75, 3.05) is 33.8 Å². The lowest BCUT2D eigenvalue weighted by atomic mass is 10.1. The van der Waals surface area contributed by atoms with Gasteiger partial charge in [-0.1, -0.05) is 6.07 Å². The van der Waals surface area contributed by atoms with E-state index in [-0.39, 0.29) is 10.6 Å². The summed E-state index contributed by atoms with van der Waals surface area (Å²) in [4.78, 5) is 13.1. The predicted molar refractivity (Wildman–Crippen MR) is 146 cm³/mol. The Morgan fingerprint density at radius 2 is 1.47 bits per heavy atom. The number of carbonyl (C=O) groups is 1. The SMILES string of the molecule is Cc1ccc(NS(=O)(=O)c2ccc(NC(=O)[C@H](C)N(c3ccc4c(c3)OCCO4)S(C)(=O)=O)cc2)cc1C. The van der Waals surface area contributed by atoms with Crippen LogP contribution in [0.3, 0.4) is 0 Å². The van der Waals surface area contributed by atoms with E-state index in [1.54, 1.807) is 24.3 Å². The maximum absolute atomic E-state index is 13.0. The normalized spacial score (nSPS) is 13.9. The fraction of sp³-hybridized carbons (Fsp3) is 0.269. The van der Waals surface area contributed by atoms with Gasteiger partial charge in [0, 0.05) is 17.4 Å². The number of aryl methyl sites for hydroxylation is 2. The van der Waals surface area contributed by atoms with E-state index in [1.165, 1.54) is 37.3 Å². The third kappa shape index (κ3) is 6.03. The van der Waals surface area contributed by atoms with E-state index in [0.29, 0.717) is 36.1 Å². The highest BCUT2D eigenvalue weighted by Crippen LogP contribution is 2.35. The number of ether oxygens (including phenoxy) is 2. The number of anilines is 3. The van der Waals surface area contributed by atoms with Gasteiger partial charge in [-0.3, -0.25) is 13.8 Å². The minimum absolute atomic E-state index is 0.0100. The largest absolute Gasteiger partial charge is 0.486 e. The lowest BCUT2D eigenvalue weighted by molar-refractivity contribution is -0.116. The van der Waals surface area contributed by atoms with Crippen molar-refractivity contribution < 1.29 is 31.1 Å². The highest BCUT2D eigenvalue weighted by Gasteiger charge is 2.30. The van der Waals surface area contributed by atoms with Crippen molar-refractivity contribution in [1.82, 2.24) is 0 Å². The second kappa shape index (κ2) is 10.5. The molecule has 0 bridgehead atoms. The van der Waals surface area contributed by atoms with Gasteiger partial charge in [-0.25, -0.2) is 16.8 Å². The van der Waals surface area contributed by atoms with Gasteiger partial charge in [0.2, 0.25) is 15.9 Å². The van der Waals surface area contributed by atoms with Crippen LogP contribution >= 0.6 is 0 Å². The van der Waals surface area contributed by atoms with Crippen LogP contribution in [-0.2, 0) is 24.8 Å². The Bertz CT molecular complexity index is 1570. The summed E-state index contributed by atoms with van der Waals surface area (Å²) < 4.78 is 65.5. The maximum atomic E-state index is 13.0. The Labute approximate surface area is 222 Å². The molecule has 1 aliphatic rings. The molecule has 0 unspecified atom stereocenters. The quantitative estimate of drug-likeness (QED) is 0.431. The summed E-state index contributed by atoms with van der Waals surface area (Å²) in [6.07, 6.45) is 1.01. The molecule has 1 aliphatic heterocycles. The van der Waals surface area contributed by atoms with E-state index in [2.05, 4.69) is 10.0 Å². The van der Waals surface area contributed by atoms with E-state index in [4.69, 9.17) is 9.47 Å². The predicted octanol–water partition coefficient (Wildman–Crippen LogP) is 3.67. The summed E-state index contributed by atoms with van der Waals surface area (Å²) in [5.74, 6) is 0.281. The Hall–Kier alpha value is -3.77. The molecule has 3 aromatic rings. The molecule has 0 aliphatic carbocycles. The minimum atomic E-state index is -3.85. The monoisotopic (exact) mass is 559 g/mol. The van der Waals surface area contributed by atoms with Crippen LogP contribution in [0.5, 0.6) is 11.5 Å². The molecule has 4 rings (SSSR count). The summed E-state index contributed by atoms with van der Waals surface area (Å²) in [7, 11) is -7.71. The third-order valence-electron chi connectivity index (χ3n) is 6.06. The summed E-state index contributed by atoms with van der Waals surface area (Å²) >= 11 is 0. The number of rotatable bonds is 8. The van der Waals surface area contributed by atoms with Crippen molar-refractivity contribution in [3.63, 3.8) is 0 Å². The Kier molecular flexibility index (Phi) is 7.56. The van der Waals surface area contributed by atoms with Crippen LogP contribution in [0.15, 0.2) is 65.6 Å². The number of hydrogen-bond acceptors (Lipinski definition) is 7. The summed E-state index contributed by atoms with van der Waals surface area (Å²) in [6.45, 7) is 6.01. The van der Waals surface area contributed by atoms with E-state index in [1.807, 2.05) is 19.9 Å². The number of fused-ring (bicyclic) bond motifs is 1. The Morgan fingerprint density at radius 3 is 2.11 bits per heavy atom.